The van der Waals surface area contributed by atoms with Crippen LogP contribution in [-0.4, -0.2) is 30.3 Å². The highest BCUT2D eigenvalue weighted by Crippen LogP contribution is 2.34. The van der Waals surface area contributed by atoms with Gasteiger partial charge in [-0.1, -0.05) is 62.4 Å². The molecule has 0 atom stereocenters. The van der Waals surface area contributed by atoms with Gasteiger partial charge in [-0.2, -0.15) is 0 Å². The van der Waals surface area contributed by atoms with Crippen LogP contribution in [-0.2, 0) is 9.59 Å². The Morgan fingerprint density at radius 3 is 2.33 bits per heavy atom. The topological polar surface area (TPSA) is 106 Å². The molecule has 0 fully saturated rings. The minimum Gasteiger partial charge on any atom is -0.454 e. The number of anilines is 2. The molecule has 9 heteroatoms. The molecule has 1 aliphatic heterocycles. The smallest absolute Gasteiger partial charge is 0.272 e. The van der Waals surface area contributed by atoms with Gasteiger partial charge in [0.05, 0.1) is 5.75 Å². The third kappa shape index (κ3) is 8.05. The van der Waals surface area contributed by atoms with Gasteiger partial charge in [0.25, 0.3) is 11.8 Å². The second-order valence-corrected chi connectivity index (χ2v) is 11.1. The summed E-state index contributed by atoms with van der Waals surface area (Å²) in [6.07, 6.45) is 1.65. The molecular formula is C34H31N3O5S. The first-order chi connectivity index (χ1) is 20.8. The maximum Gasteiger partial charge on any atom is 0.272 e. The summed E-state index contributed by atoms with van der Waals surface area (Å²) >= 11 is 1.33. The Labute approximate surface area is 254 Å². The van der Waals surface area contributed by atoms with Gasteiger partial charge in [-0.05, 0) is 65.6 Å². The maximum absolute atomic E-state index is 13.4. The third-order valence-electron chi connectivity index (χ3n) is 6.56. The Bertz CT molecular complexity index is 1650. The van der Waals surface area contributed by atoms with Crippen LogP contribution in [0.3, 0.4) is 0 Å². The lowest BCUT2D eigenvalue weighted by atomic mass is 10.0. The van der Waals surface area contributed by atoms with E-state index in [0.29, 0.717) is 34.4 Å². The number of carbonyl (C=O) groups is 3. The van der Waals surface area contributed by atoms with Crippen molar-refractivity contribution in [3.05, 3.63) is 119 Å². The average Bonchev–Trinajstić information content (AvgIpc) is 3.48. The first kappa shape index (κ1) is 29.5. The summed E-state index contributed by atoms with van der Waals surface area (Å²) in [6, 6.07) is 29.0. The minimum atomic E-state index is -0.472. The van der Waals surface area contributed by atoms with Crippen molar-refractivity contribution in [3.63, 3.8) is 0 Å². The van der Waals surface area contributed by atoms with Gasteiger partial charge < -0.3 is 25.4 Å². The molecule has 0 saturated heterocycles. The average molecular weight is 594 g/mol. The van der Waals surface area contributed by atoms with E-state index in [-0.39, 0.29) is 24.2 Å². The summed E-state index contributed by atoms with van der Waals surface area (Å²) in [5.41, 5.74) is 3.64. The Balaban J connectivity index is 1.25. The van der Waals surface area contributed by atoms with Crippen LogP contribution in [0.2, 0.25) is 0 Å². The molecule has 1 aliphatic rings. The molecule has 218 valence electrons. The van der Waals surface area contributed by atoms with E-state index in [1.54, 1.807) is 66.7 Å². The largest absolute Gasteiger partial charge is 0.454 e. The van der Waals surface area contributed by atoms with Gasteiger partial charge in [0.2, 0.25) is 12.7 Å². The summed E-state index contributed by atoms with van der Waals surface area (Å²) in [7, 11) is 0. The van der Waals surface area contributed by atoms with Crippen LogP contribution in [0.5, 0.6) is 11.5 Å². The van der Waals surface area contributed by atoms with E-state index in [1.807, 2.05) is 36.4 Å². The maximum atomic E-state index is 13.4. The highest BCUT2D eigenvalue weighted by atomic mass is 32.2. The van der Waals surface area contributed by atoms with Crippen LogP contribution >= 0.6 is 11.8 Å². The monoisotopic (exact) mass is 593 g/mol. The van der Waals surface area contributed by atoms with Crippen molar-refractivity contribution in [2.45, 2.75) is 24.7 Å². The number of ether oxygens (including phenoxy) is 2. The zero-order chi connectivity index (χ0) is 30.2. The predicted molar refractivity (Wildman–Crippen MR) is 169 cm³/mol. The van der Waals surface area contributed by atoms with Crippen molar-refractivity contribution < 1.29 is 23.9 Å². The first-order valence-electron chi connectivity index (χ1n) is 13.8. The predicted octanol–water partition coefficient (Wildman–Crippen LogP) is 6.68. The van der Waals surface area contributed by atoms with E-state index >= 15 is 0 Å². The van der Waals surface area contributed by atoms with Gasteiger partial charge >= 0.3 is 0 Å². The van der Waals surface area contributed by atoms with Crippen LogP contribution in [0.1, 0.15) is 41.3 Å². The van der Waals surface area contributed by atoms with Crippen molar-refractivity contribution in [1.82, 2.24) is 5.32 Å². The van der Waals surface area contributed by atoms with Gasteiger partial charge in [0.15, 0.2) is 11.5 Å². The lowest BCUT2D eigenvalue weighted by Crippen LogP contribution is -2.30. The van der Waals surface area contributed by atoms with Crippen molar-refractivity contribution in [2.24, 2.45) is 0 Å². The van der Waals surface area contributed by atoms with Crippen LogP contribution in [0.15, 0.2) is 108 Å². The molecule has 43 heavy (non-hydrogen) atoms. The van der Waals surface area contributed by atoms with Crippen LogP contribution in [0.4, 0.5) is 11.4 Å². The Hall–Kier alpha value is -5.02. The van der Waals surface area contributed by atoms with E-state index in [2.05, 4.69) is 29.8 Å². The molecule has 0 aromatic heterocycles. The zero-order valence-electron chi connectivity index (χ0n) is 23.8. The van der Waals surface area contributed by atoms with E-state index < -0.39 is 11.8 Å². The van der Waals surface area contributed by atoms with Crippen LogP contribution in [0.25, 0.3) is 6.08 Å². The van der Waals surface area contributed by atoms with Crippen molar-refractivity contribution in [2.75, 3.05) is 23.2 Å². The summed E-state index contributed by atoms with van der Waals surface area (Å²) < 4.78 is 10.7. The molecule has 3 N–H and O–H groups in total. The molecule has 3 amide bonds. The fraction of sp³-hybridized carbons (Fsp3) is 0.147. The molecule has 5 rings (SSSR count). The number of carbonyl (C=O) groups excluding carboxylic acids is 3. The zero-order valence-corrected chi connectivity index (χ0v) is 24.6. The SMILES string of the molecule is CC(C)c1ccc(/C=C(/NC(=O)c2ccccc2)C(=O)Nc2cccc(SCC(=O)Nc3ccc4c(c3)OCO4)c2)cc1. The Morgan fingerprint density at radius 1 is 0.814 bits per heavy atom. The molecule has 8 nitrogen and oxygen atoms in total. The number of nitrogens with one attached hydrogen (secondary N) is 3. The number of fused-ring (bicyclic) bond motifs is 1. The number of amides is 3. The molecule has 0 spiro atoms. The lowest BCUT2D eigenvalue weighted by Gasteiger charge is -2.13. The Morgan fingerprint density at radius 2 is 1.56 bits per heavy atom. The van der Waals surface area contributed by atoms with Gasteiger partial charge in [-0.25, -0.2) is 0 Å². The van der Waals surface area contributed by atoms with Crippen molar-refractivity contribution >= 4 is 46.9 Å². The molecule has 0 saturated carbocycles. The normalized spacial score (nSPS) is 12.1. The van der Waals surface area contributed by atoms with E-state index in [4.69, 9.17) is 9.47 Å². The van der Waals surface area contributed by atoms with Crippen molar-refractivity contribution in [3.8, 4) is 11.5 Å². The highest BCUT2D eigenvalue weighted by molar-refractivity contribution is 8.00. The summed E-state index contributed by atoms with van der Waals surface area (Å²) in [5.74, 6) is 0.728. The molecule has 0 aliphatic carbocycles. The molecule has 0 radical (unpaired) electrons. The third-order valence-corrected chi connectivity index (χ3v) is 7.55. The number of benzene rings is 4. The molecule has 0 bridgehead atoms. The fourth-order valence-electron chi connectivity index (χ4n) is 4.27. The summed E-state index contributed by atoms with van der Waals surface area (Å²) in [5, 5.41) is 8.50. The fourth-order valence-corrected chi connectivity index (χ4v) is 5.02. The molecule has 4 aromatic rings. The number of hydrogen-bond donors (Lipinski definition) is 3. The van der Waals surface area contributed by atoms with Crippen LogP contribution < -0.4 is 25.4 Å². The molecule has 4 aromatic carbocycles. The Kier molecular flexibility index (Phi) is 9.43. The number of rotatable bonds is 10. The standard InChI is InChI=1S/C34H31N3O5S/c1-22(2)24-13-11-23(12-14-24)17-29(37-33(39)25-7-4-3-5-8-25)34(40)36-26-9-6-10-28(18-26)43-20-32(38)35-27-15-16-30-31(19-27)42-21-41-30/h3-19,22H,20-21H2,1-2H3,(H,35,38)(H,36,40)(H,37,39)/b29-17+. The van der Waals surface area contributed by atoms with Gasteiger partial charge in [-0.3, -0.25) is 14.4 Å². The van der Waals surface area contributed by atoms with E-state index in [9.17, 15) is 14.4 Å². The number of hydrogen-bond acceptors (Lipinski definition) is 6. The van der Waals surface area contributed by atoms with Crippen LogP contribution in [0, 0.1) is 0 Å². The second-order valence-electron chi connectivity index (χ2n) is 10.1. The number of thioether (sulfide) groups is 1. The van der Waals surface area contributed by atoms with Gasteiger partial charge in [-0.15, -0.1) is 11.8 Å². The molecular weight excluding hydrogens is 562 g/mol. The van der Waals surface area contributed by atoms with E-state index in [1.165, 1.54) is 17.3 Å². The van der Waals surface area contributed by atoms with Gasteiger partial charge in [0.1, 0.15) is 5.70 Å². The van der Waals surface area contributed by atoms with Crippen molar-refractivity contribution in [1.29, 1.82) is 0 Å². The minimum absolute atomic E-state index is 0.104. The first-order valence-corrected chi connectivity index (χ1v) is 14.7. The molecule has 1 heterocycles. The summed E-state index contributed by atoms with van der Waals surface area (Å²) in [4.78, 5) is 39.7. The second kappa shape index (κ2) is 13.8. The van der Waals surface area contributed by atoms with E-state index in [0.717, 1.165) is 10.5 Å². The quantitative estimate of drug-likeness (QED) is 0.140. The highest BCUT2D eigenvalue weighted by Gasteiger charge is 2.17. The summed E-state index contributed by atoms with van der Waals surface area (Å²) in [6.45, 7) is 4.39. The lowest BCUT2D eigenvalue weighted by molar-refractivity contribution is -0.114. The molecule has 0 unspecified atom stereocenters. The van der Waals surface area contributed by atoms with Gasteiger partial charge in [0, 0.05) is 27.9 Å².